The first-order valence-corrected chi connectivity index (χ1v) is 18.1. The molecule has 2 heterocycles. The number of para-hydroxylation sites is 2. The Hall–Kier alpha value is -6.12. The van der Waals surface area contributed by atoms with Gasteiger partial charge in [-0.05, 0) is 98.1 Å². The Labute approximate surface area is 296 Å². The molecule has 8 aromatic rings. The number of hydrogen-bond donors (Lipinski definition) is 0. The fraction of sp³-hybridized carbons (Fsp3) is 0.102. The van der Waals surface area contributed by atoms with Crippen LogP contribution in [0.4, 0.5) is 0 Å². The molecule has 0 N–H and O–H groups in total. The van der Waals surface area contributed by atoms with Crippen molar-refractivity contribution >= 4 is 60.5 Å². The molecule has 0 spiro atoms. The lowest BCUT2D eigenvalue weighted by atomic mass is 9.72. The fourth-order valence-corrected chi connectivity index (χ4v) is 10.2. The Balaban J connectivity index is 1.05. The summed E-state index contributed by atoms with van der Waals surface area (Å²) in [5, 5.41) is 5.00. The van der Waals surface area contributed by atoms with Crippen LogP contribution in [0.1, 0.15) is 41.7 Å². The van der Waals surface area contributed by atoms with E-state index in [1.165, 1.54) is 93.9 Å². The first kappa shape index (κ1) is 27.7. The van der Waals surface area contributed by atoms with Gasteiger partial charge in [-0.25, -0.2) is 0 Å². The highest BCUT2D eigenvalue weighted by Gasteiger charge is 2.41. The number of aromatic nitrogens is 1. The quantitative estimate of drug-likeness (QED) is 0.182. The lowest BCUT2D eigenvalue weighted by molar-refractivity contribution is 0.657. The van der Waals surface area contributed by atoms with E-state index in [0.29, 0.717) is 11.8 Å². The molecule has 2 nitrogen and oxygen atoms in total. The molecule has 240 valence electrons. The third kappa shape index (κ3) is 3.47. The molecule has 6 aromatic carbocycles. The number of furan rings is 1. The lowest BCUT2D eigenvalue weighted by Crippen LogP contribution is -2.18. The van der Waals surface area contributed by atoms with Gasteiger partial charge in [-0.1, -0.05) is 123 Å². The SMILES string of the molecule is CC1(C)c2cc3c(cc2-c2ccc4oc5ccccc5c4c21)c1ccccc1n3-c1cccc(C2=CC=C3c4ccccc4C4=CC=CC2C43)c1. The maximum absolute atomic E-state index is 6.37. The Bertz CT molecular complexity index is 3010. The van der Waals surface area contributed by atoms with Crippen LogP contribution >= 0.6 is 0 Å². The van der Waals surface area contributed by atoms with E-state index in [9.17, 15) is 0 Å². The molecule has 4 aliphatic carbocycles. The summed E-state index contributed by atoms with van der Waals surface area (Å²) in [6.07, 6.45) is 11.8. The molecule has 2 atom stereocenters. The maximum Gasteiger partial charge on any atom is 0.135 e. The van der Waals surface area contributed by atoms with Crippen molar-refractivity contribution in [1.82, 2.24) is 4.57 Å². The van der Waals surface area contributed by atoms with Crippen LogP contribution in [0, 0.1) is 11.8 Å². The van der Waals surface area contributed by atoms with Crippen molar-refractivity contribution in [2.75, 3.05) is 0 Å². The van der Waals surface area contributed by atoms with Crippen LogP contribution in [0.15, 0.2) is 156 Å². The lowest BCUT2D eigenvalue weighted by Gasteiger charge is -2.31. The van der Waals surface area contributed by atoms with Gasteiger partial charge in [0, 0.05) is 44.5 Å². The first-order valence-electron chi connectivity index (χ1n) is 18.1. The number of rotatable bonds is 2. The van der Waals surface area contributed by atoms with E-state index >= 15 is 0 Å². The van der Waals surface area contributed by atoms with Gasteiger partial charge >= 0.3 is 0 Å². The molecule has 12 rings (SSSR count). The summed E-state index contributed by atoms with van der Waals surface area (Å²) in [5.74, 6) is 0.679. The number of hydrogen-bond acceptors (Lipinski definition) is 1. The summed E-state index contributed by atoms with van der Waals surface area (Å²) in [6, 6.07) is 44.9. The van der Waals surface area contributed by atoms with Crippen molar-refractivity contribution in [1.29, 1.82) is 0 Å². The van der Waals surface area contributed by atoms with Crippen molar-refractivity contribution in [2.45, 2.75) is 19.3 Å². The van der Waals surface area contributed by atoms with Crippen molar-refractivity contribution in [3.8, 4) is 16.8 Å². The van der Waals surface area contributed by atoms with E-state index < -0.39 is 0 Å². The molecule has 51 heavy (non-hydrogen) atoms. The third-order valence-electron chi connectivity index (χ3n) is 12.4. The Morgan fingerprint density at radius 2 is 1.33 bits per heavy atom. The predicted molar refractivity (Wildman–Crippen MR) is 212 cm³/mol. The minimum atomic E-state index is -0.206. The molecule has 2 heteroatoms. The molecule has 0 fully saturated rings. The first-order chi connectivity index (χ1) is 25.1. The highest BCUT2D eigenvalue weighted by molar-refractivity contribution is 6.15. The van der Waals surface area contributed by atoms with Crippen LogP contribution in [0.2, 0.25) is 0 Å². The van der Waals surface area contributed by atoms with E-state index in [2.05, 4.69) is 170 Å². The zero-order valence-electron chi connectivity index (χ0n) is 28.4. The minimum absolute atomic E-state index is 0.206. The zero-order chi connectivity index (χ0) is 33.6. The van der Waals surface area contributed by atoms with Gasteiger partial charge in [0.25, 0.3) is 0 Å². The van der Waals surface area contributed by atoms with Gasteiger partial charge in [-0.3, -0.25) is 0 Å². The van der Waals surface area contributed by atoms with Gasteiger partial charge in [0.05, 0.1) is 11.0 Å². The molecule has 0 aliphatic heterocycles. The predicted octanol–water partition coefficient (Wildman–Crippen LogP) is 12.7. The summed E-state index contributed by atoms with van der Waals surface area (Å²) in [4.78, 5) is 0. The van der Waals surface area contributed by atoms with E-state index in [1.807, 2.05) is 0 Å². The van der Waals surface area contributed by atoms with Crippen LogP contribution in [0.3, 0.4) is 0 Å². The van der Waals surface area contributed by atoms with E-state index in [4.69, 9.17) is 4.42 Å². The Kier molecular flexibility index (Phi) is 5.19. The Morgan fingerprint density at radius 1 is 0.569 bits per heavy atom. The van der Waals surface area contributed by atoms with E-state index in [1.54, 1.807) is 0 Å². The topological polar surface area (TPSA) is 18.1 Å². The van der Waals surface area contributed by atoms with Crippen LogP contribution in [0.25, 0.3) is 77.3 Å². The molecule has 0 radical (unpaired) electrons. The number of benzene rings is 6. The van der Waals surface area contributed by atoms with Gasteiger partial charge in [0.15, 0.2) is 0 Å². The zero-order valence-corrected chi connectivity index (χ0v) is 28.4. The highest BCUT2D eigenvalue weighted by atomic mass is 16.3. The smallest absolute Gasteiger partial charge is 0.135 e. The van der Waals surface area contributed by atoms with Crippen molar-refractivity contribution < 1.29 is 4.42 Å². The highest BCUT2D eigenvalue weighted by Crippen LogP contribution is 2.57. The summed E-state index contributed by atoms with van der Waals surface area (Å²) in [7, 11) is 0. The van der Waals surface area contributed by atoms with Gasteiger partial charge in [-0.2, -0.15) is 0 Å². The van der Waals surface area contributed by atoms with E-state index in [-0.39, 0.29) is 5.41 Å². The molecule has 0 saturated heterocycles. The maximum atomic E-state index is 6.37. The second-order valence-electron chi connectivity index (χ2n) is 15.2. The number of allylic oxidation sites excluding steroid dienone is 8. The molecule has 0 saturated carbocycles. The molecule has 2 aromatic heterocycles. The van der Waals surface area contributed by atoms with Crippen molar-refractivity contribution in [3.05, 3.63) is 180 Å². The molecule has 0 amide bonds. The molecular formula is C49H33NO. The molecular weight excluding hydrogens is 619 g/mol. The molecule has 4 aliphatic rings. The van der Waals surface area contributed by atoms with Gasteiger partial charge < -0.3 is 8.98 Å². The average molecular weight is 652 g/mol. The minimum Gasteiger partial charge on any atom is -0.456 e. The van der Waals surface area contributed by atoms with E-state index in [0.717, 1.165) is 11.2 Å². The summed E-state index contributed by atoms with van der Waals surface area (Å²) in [5.41, 5.74) is 19.1. The standard InChI is InChI=1S/C49H33NO/c1-49(2)41-27-43-40(26-39(41)37-23-24-45-47(48(37)49)38-16-6-8-20-44(38)51-45)33-15-5-7-19-42(33)50(43)29-12-9-11-28(25-29)30-21-22-36-32-14-4-3-13-31(32)35-18-10-17-34(30)46(35)36/h3-27,34,46H,1-2H3. The van der Waals surface area contributed by atoms with Crippen molar-refractivity contribution in [2.24, 2.45) is 11.8 Å². The summed E-state index contributed by atoms with van der Waals surface area (Å²) in [6.45, 7) is 4.77. The summed E-state index contributed by atoms with van der Waals surface area (Å²) < 4.78 is 8.87. The normalized spacial score (nSPS) is 19.2. The average Bonchev–Trinajstić information content (AvgIpc) is 3.87. The number of nitrogens with zero attached hydrogens (tertiary/aromatic N) is 1. The second-order valence-corrected chi connectivity index (χ2v) is 15.2. The third-order valence-corrected chi connectivity index (χ3v) is 12.4. The van der Waals surface area contributed by atoms with Crippen LogP contribution in [-0.2, 0) is 5.41 Å². The molecule has 2 unspecified atom stereocenters. The largest absolute Gasteiger partial charge is 0.456 e. The van der Waals surface area contributed by atoms with Crippen molar-refractivity contribution in [3.63, 3.8) is 0 Å². The number of fused-ring (bicyclic) bond motifs is 13. The van der Waals surface area contributed by atoms with Crippen LogP contribution < -0.4 is 0 Å². The second kappa shape index (κ2) is 9.56. The van der Waals surface area contributed by atoms with Crippen LogP contribution in [0.5, 0.6) is 0 Å². The Morgan fingerprint density at radius 3 is 2.22 bits per heavy atom. The fourth-order valence-electron chi connectivity index (χ4n) is 10.2. The summed E-state index contributed by atoms with van der Waals surface area (Å²) >= 11 is 0. The van der Waals surface area contributed by atoms with Gasteiger partial charge in [-0.15, -0.1) is 0 Å². The van der Waals surface area contributed by atoms with Gasteiger partial charge in [0.1, 0.15) is 11.2 Å². The van der Waals surface area contributed by atoms with Crippen LogP contribution in [-0.4, -0.2) is 4.57 Å². The molecule has 0 bridgehead atoms. The monoisotopic (exact) mass is 651 g/mol. The van der Waals surface area contributed by atoms with Gasteiger partial charge in [0.2, 0.25) is 0 Å².